The first-order valence-electron chi connectivity index (χ1n) is 9.05. The Morgan fingerprint density at radius 2 is 1.59 bits per heavy atom. The number of rotatable bonds is 7. The number of nitrogens with zero attached hydrogens (tertiary/aromatic N) is 1. The molecule has 8 heteroatoms. The first-order valence-corrected chi connectivity index (χ1v) is 9.42. The Kier molecular flexibility index (Phi) is 7.61. The number of benzene rings is 2. The third kappa shape index (κ3) is 7.12. The van der Waals surface area contributed by atoms with E-state index in [1.807, 2.05) is 24.3 Å². The number of amidine groups is 1. The zero-order valence-corrected chi connectivity index (χ0v) is 17.4. The predicted octanol–water partition coefficient (Wildman–Crippen LogP) is 3.89. The number of amides is 2. The van der Waals surface area contributed by atoms with Crippen LogP contribution in [-0.2, 0) is 19.8 Å². The Balaban J connectivity index is 1.84. The highest BCUT2D eigenvalue weighted by atomic mass is 35.5. The second-order valence-corrected chi connectivity index (χ2v) is 7.81. The summed E-state index contributed by atoms with van der Waals surface area (Å²) >= 11 is 5.98. The lowest BCUT2D eigenvalue weighted by molar-refractivity contribution is -0.120. The summed E-state index contributed by atoms with van der Waals surface area (Å²) in [4.78, 5) is 29.1. The Morgan fingerprint density at radius 1 is 1.00 bits per heavy atom. The van der Waals surface area contributed by atoms with Crippen molar-refractivity contribution in [1.29, 1.82) is 0 Å². The van der Waals surface area contributed by atoms with Gasteiger partial charge in [0.15, 0.2) is 6.61 Å². The quantitative estimate of drug-likeness (QED) is 0.361. The van der Waals surface area contributed by atoms with Gasteiger partial charge < -0.3 is 21.2 Å². The van der Waals surface area contributed by atoms with Gasteiger partial charge >= 0.3 is 0 Å². The maximum Gasteiger partial charge on any atom is 0.265 e. The van der Waals surface area contributed by atoms with Crippen molar-refractivity contribution < 1.29 is 14.4 Å². The maximum absolute atomic E-state index is 12.1. The minimum Gasteiger partial charge on any atom is -0.384 e. The van der Waals surface area contributed by atoms with Crippen LogP contribution >= 0.6 is 11.6 Å². The van der Waals surface area contributed by atoms with E-state index in [2.05, 4.69) is 36.6 Å². The molecule has 0 fully saturated rings. The van der Waals surface area contributed by atoms with Crippen LogP contribution < -0.4 is 16.4 Å². The van der Waals surface area contributed by atoms with Crippen molar-refractivity contribution >= 4 is 40.6 Å². The molecular weight excluding hydrogens is 392 g/mol. The molecule has 0 saturated carbocycles. The zero-order valence-electron chi connectivity index (χ0n) is 16.7. The monoisotopic (exact) mass is 416 g/mol. The van der Waals surface area contributed by atoms with Crippen LogP contribution in [0.4, 0.5) is 11.4 Å². The van der Waals surface area contributed by atoms with Crippen molar-refractivity contribution in [3.05, 3.63) is 59.1 Å². The number of carbonyl (C=O) groups is 2. The van der Waals surface area contributed by atoms with E-state index in [0.29, 0.717) is 16.4 Å². The minimum absolute atomic E-state index is 0.0579. The maximum atomic E-state index is 12.1. The number of nitrogens with one attached hydrogen (secondary N) is 2. The van der Waals surface area contributed by atoms with Crippen LogP contribution in [0, 0.1) is 0 Å². The second kappa shape index (κ2) is 9.93. The summed E-state index contributed by atoms with van der Waals surface area (Å²) in [6.07, 6.45) is -0.195. The summed E-state index contributed by atoms with van der Waals surface area (Å²) in [5.74, 6) is -0.831. The first kappa shape index (κ1) is 22.2. The molecule has 29 heavy (non-hydrogen) atoms. The highest BCUT2D eigenvalue weighted by molar-refractivity contribution is 6.33. The Hall–Kier alpha value is -3.06. The number of hydrogen-bond donors (Lipinski definition) is 3. The molecule has 7 nitrogen and oxygen atoms in total. The van der Waals surface area contributed by atoms with Gasteiger partial charge in [0, 0.05) is 5.69 Å². The number of nitrogens with two attached hydrogens (primary N) is 1. The van der Waals surface area contributed by atoms with Crippen LogP contribution in [0.25, 0.3) is 0 Å². The molecule has 0 aliphatic rings. The van der Waals surface area contributed by atoms with Gasteiger partial charge in [0.2, 0.25) is 5.91 Å². The Bertz CT molecular complexity index is 907. The summed E-state index contributed by atoms with van der Waals surface area (Å²) < 4.78 is 0. The zero-order chi connectivity index (χ0) is 21.4. The predicted molar refractivity (Wildman–Crippen MR) is 116 cm³/mol. The smallest absolute Gasteiger partial charge is 0.265 e. The average Bonchev–Trinajstić information content (AvgIpc) is 2.63. The van der Waals surface area contributed by atoms with E-state index in [0.717, 1.165) is 5.56 Å². The molecule has 154 valence electrons. The van der Waals surface area contributed by atoms with Crippen molar-refractivity contribution in [3.63, 3.8) is 0 Å². The van der Waals surface area contributed by atoms with Crippen LogP contribution in [0.2, 0.25) is 5.02 Å². The van der Waals surface area contributed by atoms with E-state index in [9.17, 15) is 9.59 Å². The molecule has 2 amide bonds. The number of halogens is 1. The molecule has 0 radical (unpaired) electrons. The van der Waals surface area contributed by atoms with Crippen molar-refractivity contribution in [2.75, 3.05) is 17.2 Å². The first-order chi connectivity index (χ1) is 13.7. The summed E-state index contributed by atoms with van der Waals surface area (Å²) in [7, 11) is 0. The number of anilines is 2. The minimum atomic E-state index is -0.397. The normalized spacial score (nSPS) is 11.7. The summed E-state index contributed by atoms with van der Waals surface area (Å²) in [6, 6.07) is 14.4. The lowest BCUT2D eigenvalue weighted by Crippen LogP contribution is -2.24. The fraction of sp³-hybridized carbons (Fsp3) is 0.286. The lowest BCUT2D eigenvalue weighted by Gasteiger charge is -2.22. The number of carbonyl (C=O) groups excluding carboxylic acids is 2. The average molecular weight is 417 g/mol. The summed E-state index contributed by atoms with van der Waals surface area (Å²) in [5.41, 5.74) is 7.76. The second-order valence-electron chi connectivity index (χ2n) is 7.40. The van der Waals surface area contributed by atoms with E-state index in [1.54, 1.807) is 24.3 Å². The fourth-order valence-electron chi connectivity index (χ4n) is 2.56. The molecular formula is C21H25ClN4O3. The van der Waals surface area contributed by atoms with Gasteiger partial charge in [0.1, 0.15) is 5.84 Å². The molecule has 0 unspecified atom stereocenters. The third-order valence-corrected chi connectivity index (χ3v) is 4.21. The number of oxime groups is 1. The molecule has 2 aromatic rings. The molecule has 4 N–H and O–H groups in total. The van der Waals surface area contributed by atoms with Crippen LogP contribution in [0.3, 0.4) is 0 Å². The molecule has 0 heterocycles. The Morgan fingerprint density at radius 3 is 2.24 bits per heavy atom. The van der Waals surface area contributed by atoms with E-state index in [1.165, 1.54) is 0 Å². The highest BCUT2D eigenvalue weighted by Crippen LogP contribution is 2.29. The molecule has 0 aliphatic heterocycles. The van der Waals surface area contributed by atoms with Gasteiger partial charge in [0.05, 0.1) is 17.1 Å². The van der Waals surface area contributed by atoms with Gasteiger partial charge in [0.25, 0.3) is 5.91 Å². The van der Waals surface area contributed by atoms with E-state index in [4.69, 9.17) is 22.2 Å². The molecule has 0 aromatic heterocycles. The highest BCUT2D eigenvalue weighted by Gasteiger charge is 2.18. The van der Waals surface area contributed by atoms with Crippen molar-refractivity contribution in [2.24, 2.45) is 10.9 Å². The molecule has 2 aromatic carbocycles. The Labute approximate surface area is 175 Å². The summed E-state index contributed by atoms with van der Waals surface area (Å²) in [6.45, 7) is 5.86. The van der Waals surface area contributed by atoms with Gasteiger partial charge in [-0.2, -0.15) is 0 Å². The molecule has 0 atom stereocenters. The van der Waals surface area contributed by atoms with E-state index < -0.39 is 5.91 Å². The third-order valence-electron chi connectivity index (χ3n) is 3.88. The van der Waals surface area contributed by atoms with Crippen LogP contribution in [0.15, 0.2) is 53.7 Å². The van der Waals surface area contributed by atoms with E-state index in [-0.39, 0.29) is 30.2 Å². The fourth-order valence-corrected chi connectivity index (χ4v) is 2.74. The molecule has 0 saturated heterocycles. The molecule has 2 rings (SSSR count). The van der Waals surface area contributed by atoms with Gasteiger partial charge in [-0.1, -0.05) is 67.9 Å². The van der Waals surface area contributed by atoms with Gasteiger partial charge in [-0.05, 0) is 29.2 Å². The van der Waals surface area contributed by atoms with Crippen LogP contribution in [-0.4, -0.2) is 24.3 Å². The molecule has 0 bridgehead atoms. The molecule has 0 spiro atoms. The summed E-state index contributed by atoms with van der Waals surface area (Å²) in [5, 5.41) is 9.47. The SMILES string of the molecule is CC(C)(C)c1ccccc1NC(=O)CO/N=C(/N)CC(=O)Nc1ccccc1Cl. The van der Waals surface area contributed by atoms with Gasteiger partial charge in [-0.3, -0.25) is 9.59 Å². The lowest BCUT2D eigenvalue weighted by atomic mass is 9.86. The van der Waals surface area contributed by atoms with Crippen LogP contribution in [0.5, 0.6) is 0 Å². The van der Waals surface area contributed by atoms with E-state index >= 15 is 0 Å². The number of hydrogen-bond acceptors (Lipinski definition) is 4. The topological polar surface area (TPSA) is 106 Å². The van der Waals surface area contributed by atoms with Crippen molar-refractivity contribution in [1.82, 2.24) is 0 Å². The van der Waals surface area contributed by atoms with Crippen molar-refractivity contribution in [3.8, 4) is 0 Å². The molecule has 0 aliphatic carbocycles. The van der Waals surface area contributed by atoms with Gasteiger partial charge in [-0.25, -0.2) is 0 Å². The van der Waals surface area contributed by atoms with Gasteiger partial charge in [-0.15, -0.1) is 0 Å². The standard InChI is InChI=1S/C21H25ClN4O3/c1-21(2,3)14-8-4-6-10-16(14)24-20(28)13-29-26-18(23)12-19(27)25-17-11-7-5-9-15(17)22/h4-11H,12-13H2,1-3H3,(H2,23,26)(H,24,28)(H,25,27). The van der Waals surface area contributed by atoms with Crippen molar-refractivity contribution in [2.45, 2.75) is 32.6 Å². The largest absolute Gasteiger partial charge is 0.384 e. The van der Waals surface area contributed by atoms with Crippen LogP contribution in [0.1, 0.15) is 32.8 Å². The number of para-hydroxylation sites is 2.